The maximum atomic E-state index is 13.2. The molecule has 0 saturated carbocycles. The molecule has 18 nitrogen and oxygen atoms in total. The van der Waals surface area contributed by atoms with E-state index in [2.05, 4.69) is 5.32 Å². The van der Waals surface area contributed by atoms with Gasteiger partial charge in [0.15, 0.2) is 12.1 Å². The molecule has 3 heterocycles. The SMILES string of the molecule is CNC(=O)[C@H]1[C@@H]2C[C@@H](O[C@H]3O[C@@H](C)[C@H](O)[C@@H](N)[C@H]3O)/C=C/C=C\C=C/C=C\C=C/C=C\C=C/[C@H](C)[C@@H](O)[C@@H](C)[C@H](C)OC(=O)C[C@H](O)C[C@H](O)C[C@H](O)CC[C@@H](O)[C@H](O)C[C@](O)(C[C@@H]1O)O2. The van der Waals surface area contributed by atoms with Gasteiger partial charge in [0.2, 0.25) is 5.91 Å². The van der Waals surface area contributed by atoms with Gasteiger partial charge in [-0.2, -0.15) is 0 Å². The topological polar surface area (TPSA) is 311 Å². The van der Waals surface area contributed by atoms with E-state index < -0.39 is 140 Å². The number of aliphatic hydroxyl groups is 10. The van der Waals surface area contributed by atoms with Crippen LogP contribution >= 0.6 is 0 Å². The number of hydrogen-bond acceptors (Lipinski definition) is 17. The van der Waals surface area contributed by atoms with Crippen LogP contribution < -0.4 is 11.1 Å². The van der Waals surface area contributed by atoms with E-state index in [0.717, 1.165) is 0 Å². The van der Waals surface area contributed by atoms with Crippen LogP contribution in [-0.2, 0) is 28.5 Å². The third-order valence-electron chi connectivity index (χ3n) is 12.3. The summed E-state index contributed by atoms with van der Waals surface area (Å²) >= 11 is 0. The molecule has 13 N–H and O–H groups in total. The van der Waals surface area contributed by atoms with Crippen LogP contribution in [0, 0.1) is 17.8 Å². The first-order valence-electron chi connectivity index (χ1n) is 22.8. The molecule has 374 valence electrons. The Morgan fingerprint density at radius 2 is 1.23 bits per heavy atom. The maximum Gasteiger partial charge on any atom is 0.308 e. The summed E-state index contributed by atoms with van der Waals surface area (Å²) in [5.41, 5.74) is 6.06. The molecule has 2 saturated heterocycles. The minimum Gasteiger partial charge on any atom is -0.462 e. The second-order valence-electron chi connectivity index (χ2n) is 17.8. The first-order valence-corrected chi connectivity index (χ1v) is 22.8. The van der Waals surface area contributed by atoms with Crippen molar-refractivity contribution in [3.8, 4) is 0 Å². The molecular formula is C48H76N2O16. The average molecular weight is 937 g/mol. The summed E-state index contributed by atoms with van der Waals surface area (Å²) in [6.45, 7) is 6.79. The normalized spacial score (nSPS) is 44.9. The molecule has 19 atom stereocenters. The molecule has 3 rings (SSSR count). The van der Waals surface area contributed by atoms with Gasteiger partial charge in [0.05, 0.1) is 85.5 Å². The van der Waals surface area contributed by atoms with Crippen LogP contribution in [0.15, 0.2) is 85.1 Å². The van der Waals surface area contributed by atoms with E-state index >= 15 is 0 Å². The smallest absolute Gasteiger partial charge is 0.308 e. The zero-order valence-corrected chi connectivity index (χ0v) is 38.6. The summed E-state index contributed by atoms with van der Waals surface area (Å²) in [5.74, 6) is -5.59. The highest BCUT2D eigenvalue weighted by Crippen LogP contribution is 2.38. The Kier molecular flexibility index (Phi) is 24.3. The van der Waals surface area contributed by atoms with Crippen molar-refractivity contribution in [2.75, 3.05) is 7.05 Å². The lowest BCUT2D eigenvalue weighted by atomic mass is 9.82. The first-order chi connectivity index (χ1) is 31.2. The second-order valence-corrected chi connectivity index (χ2v) is 17.8. The molecule has 0 radical (unpaired) electrons. The van der Waals surface area contributed by atoms with Crippen LogP contribution in [0.5, 0.6) is 0 Å². The Morgan fingerprint density at radius 3 is 1.82 bits per heavy atom. The largest absolute Gasteiger partial charge is 0.462 e. The van der Waals surface area contributed by atoms with Crippen molar-refractivity contribution in [1.29, 1.82) is 0 Å². The number of esters is 1. The van der Waals surface area contributed by atoms with E-state index in [9.17, 15) is 60.7 Å². The maximum absolute atomic E-state index is 13.2. The summed E-state index contributed by atoms with van der Waals surface area (Å²) < 4.78 is 23.5. The summed E-state index contributed by atoms with van der Waals surface area (Å²) in [6.07, 6.45) is 5.02. The summed E-state index contributed by atoms with van der Waals surface area (Å²) in [6, 6.07) is -1.12. The van der Waals surface area contributed by atoms with Crippen molar-refractivity contribution in [2.24, 2.45) is 23.5 Å². The lowest BCUT2D eigenvalue weighted by Gasteiger charge is -2.46. The molecule has 0 aromatic carbocycles. The highest BCUT2D eigenvalue weighted by atomic mass is 16.7. The van der Waals surface area contributed by atoms with Crippen LogP contribution in [0.2, 0.25) is 0 Å². The number of hydrogen-bond donors (Lipinski definition) is 12. The van der Waals surface area contributed by atoms with E-state index in [1.807, 2.05) is 43.4 Å². The van der Waals surface area contributed by atoms with Gasteiger partial charge in [-0.15, -0.1) is 0 Å². The number of allylic oxidation sites excluding steroid dienone is 12. The van der Waals surface area contributed by atoms with Crippen LogP contribution in [0.25, 0.3) is 0 Å². The molecule has 1 amide bonds. The number of carbonyl (C=O) groups excluding carboxylic acids is 2. The van der Waals surface area contributed by atoms with Crippen molar-refractivity contribution < 1.29 is 79.6 Å². The molecule has 2 fully saturated rings. The Morgan fingerprint density at radius 1 is 0.682 bits per heavy atom. The van der Waals surface area contributed by atoms with Crippen molar-refractivity contribution in [3.63, 3.8) is 0 Å². The highest BCUT2D eigenvalue weighted by molar-refractivity contribution is 5.79. The zero-order chi connectivity index (χ0) is 49.1. The first kappa shape index (κ1) is 56.9. The summed E-state index contributed by atoms with van der Waals surface area (Å²) in [7, 11) is 1.36. The van der Waals surface area contributed by atoms with Crippen molar-refractivity contribution >= 4 is 11.9 Å². The molecule has 3 aliphatic rings. The van der Waals surface area contributed by atoms with Crippen molar-refractivity contribution in [1.82, 2.24) is 5.32 Å². The van der Waals surface area contributed by atoms with Crippen LogP contribution in [0.3, 0.4) is 0 Å². The van der Waals surface area contributed by atoms with Gasteiger partial charge in [-0.25, -0.2) is 0 Å². The molecule has 2 bridgehead atoms. The molecule has 0 aromatic rings. The molecule has 66 heavy (non-hydrogen) atoms. The predicted octanol–water partition coefficient (Wildman–Crippen LogP) is 0.373. The number of cyclic esters (lactones) is 1. The minimum absolute atomic E-state index is 0.115. The Balaban J connectivity index is 1.88. The van der Waals surface area contributed by atoms with Gasteiger partial charge in [-0.05, 0) is 39.5 Å². The number of aliphatic hydroxyl groups excluding tert-OH is 9. The standard InChI is InChI=1S/C48H76N2O16/c1-28-18-16-14-12-10-8-6-7-9-11-13-15-17-19-35(65-47-45(60)42(49)44(59)31(4)64-47)25-39-41(46(61)50-5)38(56)27-48(62,66-39)26-37(55)36(54)21-20-32(51)22-33(52)23-34(53)24-40(57)63-30(3)29(2)43(28)58/h6-19,28-39,41-45,47,51-56,58-60,62H,20-27,49H2,1-5H3,(H,50,61)/b7-6-,10-8-,11-9-,14-12-,15-13-,18-16-,19-17+/t28-,29-,30-,31-,32+,33+,34+,35-,36+,37+,38-,39-,41+,42+,43+,44-,45+,47+,48+/m0/s1. The highest BCUT2D eigenvalue weighted by Gasteiger charge is 2.51. The van der Waals surface area contributed by atoms with E-state index in [1.165, 1.54) is 7.05 Å². The average Bonchev–Trinajstić information content (AvgIpc) is 3.24. The van der Waals surface area contributed by atoms with Gasteiger partial charge in [0.1, 0.15) is 12.2 Å². The van der Waals surface area contributed by atoms with Gasteiger partial charge in [0, 0.05) is 38.1 Å². The van der Waals surface area contributed by atoms with Gasteiger partial charge in [0.25, 0.3) is 0 Å². The van der Waals surface area contributed by atoms with Crippen molar-refractivity contribution in [2.45, 2.75) is 177 Å². The van der Waals surface area contributed by atoms with Crippen LogP contribution in [0.1, 0.15) is 79.1 Å². The Bertz CT molecular complexity index is 1690. The fraction of sp³-hybridized carbons (Fsp3) is 0.667. The molecule has 0 spiro atoms. The summed E-state index contributed by atoms with van der Waals surface area (Å²) in [4.78, 5) is 25.8. The quantitative estimate of drug-likeness (QED) is 0.170. The molecule has 0 unspecified atom stereocenters. The van der Waals surface area contributed by atoms with Gasteiger partial charge in [-0.1, -0.05) is 98.9 Å². The number of rotatable bonds is 3. The van der Waals surface area contributed by atoms with E-state index in [4.69, 9.17) is 24.7 Å². The second kappa shape index (κ2) is 28.1. The predicted molar refractivity (Wildman–Crippen MR) is 243 cm³/mol. The van der Waals surface area contributed by atoms with Gasteiger partial charge < -0.3 is 81.1 Å². The van der Waals surface area contributed by atoms with Crippen molar-refractivity contribution in [3.05, 3.63) is 85.1 Å². The number of ether oxygens (including phenoxy) is 4. The third kappa shape index (κ3) is 18.6. The minimum atomic E-state index is -2.28. The number of nitrogens with two attached hydrogens (primary N) is 1. The van der Waals surface area contributed by atoms with Crippen LogP contribution in [0.4, 0.5) is 0 Å². The number of carbonyl (C=O) groups is 2. The Hall–Kier alpha value is -3.44. The fourth-order valence-electron chi connectivity index (χ4n) is 8.14. The van der Waals surface area contributed by atoms with Crippen LogP contribution in [-0.4, -0.2) is 167 Å². The molecule has 3 aliphatic heterocycles. The summed E-state index contributed by atoms with van der Waals surface area (Å²) in [5, 5.41) is 111. The Labute approximate surface area is 388 Å². The van der Waals surface area contributed by atoms with E-state index in [0.29, 0.717) is 0 Å². The number of fused-ring (bicyclic) bond motifs is 2. The molecule has 0 aromatic heterocycles. The zero-order valence-electron chi connectivity index (χ0n) is 38.6. The monoisotopic (exact) mass is 937 g/mol. The molecule has 0 aliphatic carbocycles. The molecule has 18 heteroatoms. The van der Waals surface area contributed by atoms with E-state index in [-0.39, 0.29) is 38.0 Å². The van der Waals surface area contributed by atoms with Gasteiger partial charge >= 0.3 is 5.97 Å². The van der Waals surface area contributed by atoms with E-state index in [1.54, 1.807) is 69.4 Å². The third-order valence-corrected chi connectivity index (χ3v) is 12.3. The number of amides is 1. The lowest BCUT2D eigenvalue weighted by Crippen LogP contribution is -2.62. The fourth-order valence-corrected chi connectivity index (χ4v) is 8.14. The number of nitrogens with one attached hydrogen (secondary N) is 1. The molecular weight excluding hydrogens is 861 g/mol. The lowest BCUT2D eigenvalue weighted by molar-refractivity contribution is -0.308. The van der Waals surface area contributed by atoms with Gasteiger partial charge in [-0.3, -0.25) is 9.59 Å².